The lowest BCUT2D eigenvalue weighted by molar-refractivity contribution is 0.414. The van der Waals surface area contributed by atoms with E-state index >= 15 is 0 Å². The molecule has 3 heteroatoms. The maximum atomic E-state index is 11.1. The smallest absolute Gasteiger partial charge is 0.336 e. The Morgan fingerprint density at radius 3 is 2.88 bits per heavy atom. The molecule has 16 heavy (non-hydrogen) atoms. The molecule has 0 saturated heterocycles. The van der Waals surface area contributed by atoms with Crippen molar-refractivity contribution in [2.24, 2.45) is 0 Å². The van der Waals surface area contributed by atoms with Crippen molar-refractivity contribution in [3.8, 4) is 5.75 Å². The summed E-state index contributed by atoms with van der Waals surface area (Å²) in [7, 11) is 1.60. The number of fused-ring (bicyclic) bond motifs is 1. The van der Waals surface area contributed by atoms with Gasteiger partial charge in [0.05, 0.1) is 12.5 Å². The van der Waals surface area contributed by atoms with Crippen molar-refractivity contribution in [2.75, 3.05) is 7.11 Å². The highest BCUT2D eigenvalue weighted by molar-refractivity contribution is 5.85. The minimum atomic E-state index is -0.356. The molecule has 0 fully saturated rings. The van der Waals surface area contributed by atoms with Crippen LogP contribution in [0.3, 0.4) is 0 Å². The molecule has 0 spiro atoms. The highest BCUT2D eigenvalue weighted by atomic mass is 16.5. The van der Waals surface area contributed by atoms with Crippen molar-refractivity contribution in [2.45, 2.75) is 6.42 Å². The van der Waals surface area contributed by atoms with Crippen LogP contribution in [0, 0.1) is 0 Å². The van der Waals surface area contributed by atoms with Gasteiger partial charge in [0.25, 0.3) is 0 Å². The highest BCUT2D eigenvalue weighted by Crippen LogP contribution is 2.29. The van der Waals surface area contributed by atoms with Crippen molar-refractivity contribution < 1.29 is 9.15 Å². The van der Waals surface area contributed by atoms with E-state index in [0.717, 1.165) is 23.1 Å². The van der Waals surface area contributed by atoms with Crippen LogP contribution in [0.15, 0.2) is 46.1 Å². The van der Waals surface area contributed by atoms with Gasteiger partial charge in [-0.15, -0.1) is 6.58 Å². The van der Waals surface area contributed by atoms with Gasteiger partial charge >= 0.3 is 5.63 Å². The normalized spacial score (nSPS) is 10.3. The Kier molecular flexibility index (Phi) is 2.77. The lowest BCUT2D eigenvalue weighted by atomic mass is 10.1. The molecule has 1 heterocycles. The number of methoxy groups -OCH3 is 1. The Morgan fingerprint density at radius 1 is 1.38 bits per heavy atom. The van der Waals surface area contributed by atoms with Gasteiger partial charge in [-0.05, 0) is 24.1 Å². The zero-order valence-corrected chi connectivity index (χ0v) is 9.03. The van der Waals surface area contributed by atoms with Crippen LogP contribution >= 0.6 is 0 Å². The van der Waals surface area contributed by atoms with E-state index in [1.807, 2.05) is 12.1 Å². The van der Waals surface area contributed by atoms with Gasteiger partial charge in [0, 0.05) is 6.07 Å². The molecule has 0 aliphatic heterocycles. The fourth-order valence-corrected chi connectivity index (χ4v) is 1.72. The average molecular weight is 216 g/mol. The molecule has 3 nitrogen and oxygen atoms in total. The SMILES string of the molecule is C=CCc1ccc2oc(=O)ccc2c1OC. The summed E-state index contributed by atoms with van der Waals surface area (Å²) < 4.78 is 10.4. The monoisotopic (exact) mass is 216 g/mol. The zero-order valence-electron chi connectivity index (χ0n) is 9.03. The molecule has 2 aromatic rings. The third kappa shape index (κ3) is 1.72. The molecule has 82 valence electrons. The van der Waals surface area contributed by atoms with Gasteiger partial charge in [-0.3, -0.25) is 0 Å². The second-order valence-electron chi connectivity index (χ2n) is 3.42. The van der Waals surface area contributed by atoms with E-state index in [1.54, 1.807) is 19.2 Å². The van der Waals surface area contributed by atoms with Crippen molar-refractivity contribution >= 4 is 11.0 Å². The number of ether oxygens (including phenoxy) is 1. The van der Waals surface area contributed by atoms with Crippen LogP contribution in [0.4, 0.5) is 0 Å². The Hall–Kier alpha value is -2.03. The van der Waals surface area contributed by atoms with Gasteiger partial charge in [-0.25, -0.2) is 4.79 Å². The molecule has 0 aliphatic carbocycles. The van der Waals surface area contributed by atoms with Crippen LogP contribution in [0.5, 0.6) is 5.75 Å². The molecule has 0 N–H and O–H groups in total. The highest BCUT2D eigenvalue weighted by Gasteiger charge is 2.08. The lowest BCUT2D eigenvalue weighted by Crippen LogP contribution is -1.97. The molecule has 0 atom stereocenters. The second kappa shape index (κ2) is 4.23. The van der Waals surface area contributed by atoms with E-state index in [9.17, 15) is 4.79 Å². The van der Waals surface area contributed by atoms with Crippen LogP contribution in [0.2, 0.25) is 0 Å². The first-order valence-corrected chi connectivity index (χ1v) is 4.97. The molecule has 1 aromatic heterocycles. The number of hydrogen-bond acceptors (Lipinski definition) is 3. The summed E-state index contributed by atoms with van der Waals surface area (Å²) in [5.41, 5.74) is 1.21. The molecule has 2 rings (SSSR count). The zero-order chi connectivity index (χ0) is 11.5. The molecular weight excluding hydrogens is 204 g/mol. The summed E-state index contributed by atoms with van der Waals surface area (Å²) in [6.07, 6.45) is 2.53. The van der Waals surface area contributed by atoms with E-state index in [2.05, 4.69) is 6.58 Å². The summed E-state index contributed by atoms with van der Waals surface area (Å²) in [6.45, 7) is 3.70. The summed E-state index contributed by atoms with van der Waals surface area (Å²) in [4.78, 5) is 11.1. The Bertz CT molecular complexity index is 581. The minimum Gasteiger partial charge on any atom is -0.496 e. The molecule has 0 amide bonds. The van der Waals surface area contributed by atoms with Crippen molar-refractivity contribution in [1.82, 2.24) is 0 Å². The maximum Gasteiger partial charge on any atom is 0.336 e. The van der Waals surface area contributed by atoms with Crippen molar-refractivity contribution in [3.05, 3.63) is 52.9 Å². The van der Waals surface area contributed by atoms with Crippen LogP contribution in [-0.4, -0.2) is 7.11 Å². The molecule has 0 saturated carbocycles. The number of allylic oxidation sites excluding steroid dienone is 1. The first-order chi connectivity index (χ1) is 7.76. The fraction of sp³-hybridized carbons (Fsp3) is 0.154. The van der Waals surface area contributed by atoms with Crippen molar-refractivity contribution in [1.29, 1.82) is 0 Å². The van der Waals surface area contributed by atoms with E-state index < -0.39 is 0 Å². The average Bonchev–Trinajstić information content (AvgIpc) is 2.29. The number of benzene rings is 1. The van der Waals surface area contributed by atoms with Crippen LogP contribution in [0.1, 0.15) is 5.56 Å². The largest absolute Gasteiger partial charge is 0.496 e. The Balaban J connectivity index is 2.74. The number of rotatable bonds is 3. The molecular formula is C13H12O3. The van der Waals surface area contributed by atoms with Crippen LogP contribution < -0.4 is 10.4 Å². The molecule has 1 aromatic carbocycles. The minimum absolute atomic E-state index is 0.356. The molecule has 0 unspecified atom stereocenters. The van der Waals surface area contributed by atoms with E-state index in [4.69, 9.17) is 9.15 Å². The predicted molar refractivity (Wildman–Crippen MR) is 62.9 cm³/mol. The Labute approximate surface area is 93.0 Å². The quantitative estimate of drug-likeness (QED) is 0.584. The third-order valence-electron chi connectivity index (χ3n) is 2.40. The summed E-state index contributed by atoms with van der Waals surface area (Å²) >= 11 is 0. The molecule has 0 aliphatic rings. The van der Waals surface area contributed by atoms with Gasteiger partial charge in [0.1, 0.15) is 11.3 Å². The Morgan fingerprint density at radius 2 is 2.19 bits per heavy atom. The van der Waals surface area contributed by atoms with Gasteiger partial charge in [0.2, 0.25) is 0 Å². The predicted octanol–water partition coefficient (Wildman–Crippen LogP) is 2.53. The van der Waals surface area contributed by atoms with Gasteiger partial charge in [-0.1, -0.05) is 12.1 Å². The molecule has 0 bridgehead atoms. The lowest BCUT2D eigenvalue weighted by Gasteiger charge is -2.09. The van der Waals surface area contributed by atoms with Gasteiger partial charge < -0.3 is 9.15 Å². The second-order valence-corrected chi connectivity index (χ2v) is 3.42. The summed E-state index contributed by atoms with van der Waals surface area (Å²) in [5, 5.41) is 0.807. The maximum absolute atomic E-state index is 11.1. The first-order valence-electron chi connectivity index (χ1n) is 4.97. The topological polar surface area (TPSA) is 39.4 Å². The third-order valence-corrected chi connectivity index (χ3v) is 2.40. The molecule has 0 radical (unpaired) electrons. The number of hydrogen-bond donors (Lipinski definition) is 0. The summed E-state index contributed by atoms with van der Waals surface area (Å²) in [5.74, 6) is 0.737. The fourth-order valence-electron chi connectivity index (χ4n) is 1.72. The van der Waals surface area contributed by atoms with Gasteiger partial charge in [0.15, 0.2) is 0 Å². The van der Waals surface area contributed by atoms with E-state index in [0.29, 0.717) is 5.58 Å². The van der Waals surface area contributed by atoms with E-state index in [-0.39, 0.29) is 5.63 Å². The first kappa shape index (κ1) is 10.5. The van der Waals surface area contributed by atoms with Crippen molar-refractivity contribution in [3.63, 3.8) is 0 Å². The standard InChI is InChI=1S/C13H12O3/c1-3-4-9-5-7-11-10(13(9)15-2)6-8-12(14)16-11/h3,5-8H,1,4H2,2H3. The van der Waals surface area contributed by atoms with Crippen LogP contribution in [-0.2, 0) is 6.42 Å². The van der Waals surface area contributed by atoms with Crippen LogP contribution in [0.25, 0.3) is 11.0 Å². The van der Waals surface area contributed by atoms with Gasteiger partial charge in [-0.2, -0.15) is 0 Å². The van der Waals surface area contributed by atoms with E-state index in [1.165, 1.54) is 6.07 Å². The summed E-state index contributed by atoms with van der Waals surface area (Å²) in [6, 6.07) is 6.76.